The normalized spacial score (nSPS) is 14.4. The Kier molecular flexibility index (Phi) is 6.23. The summed E-state index contributed by atoms with van der Waals surface area (Å²) in [4.78, 5) is 22.1. The predicted octanol–water partition coefficient (Wildman–Crippen LogP) is 3.16. The van der Waals surface area contributed by atoms with Crippen LogP contribution in [0, 0.1) is 11.3 Å². The lowest BCUT2D eigenvalue weighted by Gasteiger charge is -2.29. The van der Waals surface area contributed by atoms with Crippen molar-refractivity contribution >= 4 is 32.6 Å². The summed E-state index contributed by atoms with van der Waals surface area (Å²) < 4.78 is 11.7. The molecule has 0 radical (unpaired) electrons. The van der Waals surface area contributed by atoms with Gasteiger partial charge in [0, 0.05) is 31.7 Å². The van der Waals surface area contributed by atoms with Gasteiger partial charge in [0.1, 0.15) is 5.75 Å². The van der Waals surface area contributed by atoms with Crippen LogP contribution in [0.3, 0.4) is 0 Å². The van der Waals surface area contributed by atoms with Crippen LogP contribution in [0.15, 0.2) is 42.5 Å². The molecule has 1 fully saturated rings. The summed E-state index contributed by atoms with van der Waals surface area (Å²) in [6, 6.07) is 14.5. The smallest absolute Gasteiger partial charge is 0.260 e. The van der Waals surface area contributed by atoms with Gasteiger partial charge in [-0.1, -0.05) is 11.3 Å². The second kappa shape index (κ2) is 9.22. The largest absolute Gasteiger partial charge is 0.497 e. The van der Waals surface area contributed by atoms with E-state index in [-0.39, 0.29) is 5.91 Å². The molecule has 2 heterocycles. The maximum absolute atomic E-state index is 13.4. The van der Waals surface area contributed by atoms with Crippen LogP contribution in [0.2, 0.25) is 0 Å². The molecule has 0 atom stereocenters. The summed E-state index contributed by atoms with van der Waals surface area (Å²) in [5.74, 6) is 0.634. The zero-order valence-corrected chi connectivity index (χ0v) is 17.5. The number of fused-ring (bicyclic) bond motifs is 1. The number of rotatable bonds is 6. The lowest BCUT2D eigenvalue weighted by atomic mass is 10.1. The number of hydrogen-bond donors (Lipinski definition) is 0. The fourth-order valence-electron chi connectivity index (χ4n) is 3.33. The summed E-state index contributed by atoms with van der Waals surface area (Å²) in [5.41, 5.74) is 1.89. The molecule has 1 saturated heterocycles. The molecule has 0 bridgehead atoms. The Morgan fingerprint density at radius 2 is 2.03 bits per heavy atom. The average Bonchev–Trinajstić information content (AvgIpc) is 3.22. The van der Waals surface area contributed by atoms with Gasteiger partial charge in [-0.3, -0.25) is 14.6 Å². The highest BCUT2D eigenvalue weighted by molar-refractivity contribution is 7.22. The predicted molar refractivity (Wildman–Crippen MR) is 116 cm³/mol. The zero-order chi connectivity index (χ0) is 20.9. The molecule has 1 aliphatic rings. The molecule has 154 valence electrons. The lowest BCUT2D eigenvalue weighted by Crippen LogP contribution is -2.43. The van der Waals surface area contributed by atoms with Gasteiger partial charge < -0.3 is 9.47 Å². The van der Waals surface area contributed by atoms with E-state index in [1.54, 1.807) is 36.3 Å². The number of nitriles is 1. The van der Waals surface area contributed by atoms with Crippen molar-refractivity contribution in [2.75, 3.05) is 51.4 Å². The van der Waals surface area contributed by atoms with Gasteiger partial charge in [-0.2, -0.15) is 5.26 Å². The highest BCUT2D eigenvalue weighted by atomic mass is 32.1. The first-order valence-corrected chi connectivity index (χ1v) is 10.6. The van der Waals surface area contributed by atoms with E-state index in [4.69, 9.17) is 19.7 Å². The summed E-state index contributed by atoms with van der Waals surface area (Å²) in [6.45, 7) is 4.40. The van der Waals surface area contributed by atoms with Crippen LogP contribution in [-0.4, -0.2) is 62.3 Å². The number of benzene rings is 2. The Morgan fingerprint density at radius 3 is 2.73 bits per heavy atom. The van der Waals surface area contributed by atoms with Crippen LogP contribution in [-0.2, 0) is 4.74 Å². The molecule has 3 aromatic rings. The zero-order valence-electron chi connectivity index (χ0n) is 16.7. The van der Waals surface area contributed by atoms with E-state index in [0.29, 0.717) is 36.0 Å². The number of methoxy groups -OCH3 is 1. The maximum Gasteiger partial charge on any atom is 0.260 e. The number of anilines is 1. The van der Waals surface area contributed by atoms with Crippen molar-refractivity contribution in [3.8, 4) is 11.8 Å². The molecule has 8 heteroatoms. The molecule has 0 N–H and O–H groups in total. The van der Waals surface area contributed by atoms with Crippen LogP contribution in [0.5, 0.6) is 5.75 Å². The van der Waals surface area contributed by atoms with E-state index in [2.05, 4.69) is 11.0 Å². The van der Waals surface area contributed by atoms with E-state index in [9.17, 15) is 4.79 Å². The van der Waals surface area contributed by atoms with Gasteiger partial charge in [0.15, 0.2) is 5.13 Å². The Bertz CT molecular complexity index is 1070. The van der Waals surface area contributed by atoms with Crippen LogP contribution in [0.1, 0.15) is 15.9 Å². The SMILES string of the molecule is COc1ccc2nc(N(CCN3CCOCC3)C(=O)c3ccc(C#N)cc3)sc2c1. The number of thiazole rings is 1. The Labute approximate surface area is 179 Å². The van der Waals surface area contributed by atoms with Gasteiger partial charge in [-0.15, -0.1) is 0 Å². The van der Waals surface area contributed by atoms with Crippen molar-refractivity contribution in [2.45, 2.75) is 0 Å². The summed E-state index contributed by atoms with van der Waals surface area (Å²) in [7, 11) is 1.63. The molecule has 4 rings (SSSR count). The monoisotopic (exact) mass is 422 g/mol. The number of ether oxygens (including phenoxy) is 2. The molecule has 2 aromatic carbocycles. The van der Waals surface area contributed by atoms with Gasteiger partial charge in [0.25, 0.3) is 5.91 Å². The molecular formula is C22H22N4O3S. The third kappa shape index (κ3) is 4.44. The van der Waals surface area contributed by atoms with Crippen LogP contribution >= 0.6 is 11.3 Å². The molecule has 0 unspecified atom stereocenters. The Hall–Kier alpha value is -2.99. The number of carbonyl (C=O) groups is 1. The molecule has 7 nitrogen and oxygen atoms in total. The first kappa shape index (κ1) is 20.3. The number of hydrogen-bond acceptors (Lipinski definition) is 7. The van der Waals surface area contributed by atoms with E-state index in [1.807, 2.05) is 18.2 Å². The van der Waals surface area contributed by atoms with Gasteiger partial charge >= 0.3 is 0 Å². The first-order chi connectivity index (χ1) is 14.7. The van der Waals surface area contributed by atoms with Gasteiger partial charge in [-0.25, -0.2) is 4.98 Å². The van der Waals surface area contributed by atoms with E-state index < -0.39 is 0 Å². The van der Waals surface area contributed by atoms with Crippen molar-refractivity contribution < 1.29 is 14.3 Å². The minimum Gasteiger partial charge on any atom is -0.497 e. The molecule has 0 aliphatic carbocycles. The van der Waals surface area contributed by atoms with E-state index in [1.165, 1.54) is 11.3 Å². The standard InChI is InChI=1S/C22H22N4O3S/c1-28-18-6-7-19-20(14-18)30-22(24-19)26(9-8-25-10-12-29-13-11-25)21(27)17-4-2-16(15-23)3-5-17/h2-7,14H,8-13H2,1H3. The minimum absolute atomic E-state index is 0.126. The number of morpholine rings is 1. The minimum atomic E-state index is -0.126. The van der Waals surface area contributed by atoms with E-state index >= 15 is 0 Å². The molecule has 1 aliphatic heterocycles. The van der Waals surface area contributed by atoms with Crippen LogP contribution < -0.4 is 9.64 Å². The fourth-order valence-corrected chi connectivity index (χ4v) is 4.35. The molecule has 1 amide bonds. The maximum atomic E-state index is 13.4. The number of aromatic nitrogens is 1. The third-order valence-electron chi connectivity index (χ3n) is 5.06. The second-order valence-corrected chi connectivity index (χ2v) is 7.94. The topological polar surface area (TPSA) is 78.7 Å². The highest BCUT2D eigenvalue weighted by Crippen LogP contribution is 2.32. The molecule has 0 spiro atoms. The van der Waals surface area contributed by atoms with Crippen molar-refractivity contribution in [3.63, 3.8) is 0 Å². The fraction of sp³-hybridized carbons (Fsp3) is 0.318. The van der Waals surface area contributed by atoms with Crippen molar-refractivity contribution in [2.24, 2.45) is 0 Å². The number of amides is 1. The quantitative estimate of drug-likeness (QED) is 0.607. The number of carbonyl (C=O) groups excluding carboxylic acids is 1. The second-order valence-electron chi connectivity index (χ2n) is 6.93. The molecule has 0 saturated carbocycles. The molecule has 30 heavy (non-hydrogen) atoms. The molecule has 1 aromatic heterocycles. The van der Waals surface area contributed by atoms with Crippen LogP contribution in [0.4, 0.5) is 5.13 Å². The Balaban J connectivity index is 1.63. The summed E-state index contributed by atoms with van der Waals surface area (Å²) in [5, 5.41) is 9.68. The van der Waals surface area contributed by atoms with E-state index in [0.717, 1.165) is 35.6 Å². The number of nitrogens with zero attached hydrogens (tertiary/aromatic N) is 4. The highest BCUT2D eigenvalue weighted by Gasteiger charge is 2.23. The van der Waals surface area contributed by atoms with Gasteiger partial charge in [0.2, 0.25) is 0 Å². The lowest BCUT2D eigenvalue weighted by molar-refractivity contribution is 0.0391. The first-order valence-electron chi connectivity index (χ1n) is 9.74. The third-order valence-corrected chi connectivity index (χ3v) is 6.11. The Morgan fingerprint density at radius 1 is 1.27 bits per heavy atom. The van der Waals surface area contributed by atoms with Crippen LogP contribution in [0.25, 0.3) is 10.2 Å². The van der Waals surface area contributed by atoms with Gasteiger partial charge in [0.05, 0.1) is 42.2 Å². The van der Waals surface area contributed by atoms with Crippen molar-refractivity contribution in [1.82, 2.24) is 9.88 Å². The molecular weight excluding hydrogens is 400 g/mol. The summed E-state index contributed by atoms with van der Waals surface area (Å²) >= 11 is 1.47. The van der Waals surface area contributed by atoms with Gasteiger partial charge in [-0.05, 0) is 42.5 Å². The van der Waals surface area contributed by atoms with Crippen molar-refractivity contribution in [3.05, 3.63) is 53.6 Å². The average molecular weight is 423 g/mol. The van der Waals surface area contributed by atoms with Crippen molar-refractivity contribution in [1.29, 1.82) is 5.26 Å². The summed E-state index contributed by atoms with van der Waals surface area (Å²) in [6.07, 6.45) is 0.